The molecule has 8 aromatic heterocycles. The first-order valence-electron chi connectivity index (χ1n) is 40.7. The van der Waals surface area contributed by atoms with Crippen molar-refractivity contribution in [1.29, 1.82) is 0 Å². The van der Waals surface area contributed by atoms with Gasteiger partial charge in [0.05, 0.1) is 18.9 Å². The standard InChI is InChI=1S/C22H25F3N4O2.C22H28N4O2.C21H28N6O.C21H27N5OS/c1-15(10-16-12-26-18-5-3-2-4-17(16)18)11-19(30)20-13-27-21(31-20)29-8-6-28(7-9-29)14-22(23,24)25;1-3-25-8-10-26(11-9-25)22-24-15-21(28-22)20(27)13-16(2)12-17-14-23-19-7-5-4-6-18(17)19;1-3-26-8-10-27(11-9-26)21-23-20(24-25-21)19(28)13-15(2)12-16-14-22-18-7-5-4-6-17(16)18;1-3-25-8-10-26(11-9-25)21-24-23-20(28-21)19(27)13-15(2)12-16-14-22-18-7-5-4-6-17(16)18/h2-5,12-13,15,26H,6-11,14H2,1H3;4-7,14-16,23H,3,8-13H2,1-2H3;4-7,14-15,22H,3,8-13H2,1-2H3,(H,23,24,25);4-7,14-15,22H,3,8-13H2,1-2H3. The number of hydrogen-bond acceptors (Lipinski definition) is 21. The van der Waals surface area contributed by atoms with Crippen LogP contribution in [0.5, 0.6) is 0 Å². The lowest BCUT2D eigenvalue weighted by molar-refractivity contribution is -0.146. The van der Waals surface area contributed by atoms with E-state index >= 15 is 0 Å². The summed E-state index contributed by atoms with van der Waals surface area (Å²) in [6, 6.07) is 33.8. The van der Waals surface area contributed by atoms with E-state index in [1.165, 1.54) is 60.8 Å². The van der Waals surface area contributed by atoms with Gasteiger partial charge in [0.1, 0.15) is 0 Å². The number of hydrogen-bond donors (Lipinski definition) is 5. The number of aromatic amines is 5. The van der Waals surface area contributed by atoms with Gasteiger partial charge in [0.15, 0.2) is 45.5 Å². The highest BCUT2D eigenvalue weighted by Crippen LogP contribution is 2.31. The van der Waals surface area contributed by atoms with E-state index in [1.54, 1.807) is 11.1 Å². The Kier molecular flexibility index (Phi) is 27.9. The predicted molar refractivity (Wildman–Crippen MR) is 447 cm³/mol. The number of benzene rings is 4. The largest absolute Gasteiger partial charge is 0.420 e. The maximum atomic E-state index is 12.7. The Morgan fingerprint density at radius 1 is 0.435 bits per heavy atom. The Bertz CT molecular complexity index is 4750. The summed E-state index contributed by atoms with van der Waals surface area (Å²) in [5.41, 5.74) is 9.44. The number of likely N-dealkylation sites (N-methyl/N-ethyl adjacent to an activating group) is 3. The minimum atomic E-state index is -4.20. The number of halogens is 3. The fourth-order valence-corrected chi connectivity index (χ4v) is 16.7. The van der Waals surface area contributed by atoms with Crippen LogP contribution in [0.4, 0.5) is 36.3 Å². The van der Waals surface area contributed by atoms with Crippen LogP contribution in [-0.4, -0.2) is 235 Å². The average molecular weight is 1590 g/mol. The fourth-order valence-electron chi connectivity index (χ4n) is 15.8. The number of carbonyl (C=O) groups excluding carboxylic acids is 4. The van der Waals surface area contributed by atoms with Crippen molar-refractivity contribution in [3.63, 3.8) is 0 Å². The number of carbonyl (C=O) groups is 4. The van der Waals surface area contributed by atoms with Crippen molar-refractivity contribution in [2.75, 3.05) is 150 Å². The number of fused-ring (bicyclic) bond motifs is 4. The molecule has 4 aliphatic heterocycles. The highest BCUT2D eigenvalue weighted by molar-refractivity contribution is 7.17. The van der Waals surface area contributed by atoms with Crippen molar-refractivity contribution >= 4 is 101 Å². The first kappa shape index (κ1) is 82.6. The zero-order valence-electron chi connectivity index (χ0n) is 67.1. The van der Waals surface area contributed by atoms with Gasteiger partial charge in [-0.15, -0.1) is 15.3 Å². The third-order valence-electron chi connectivity index (χ3n) is 22.4. The number of nitrogens with one attached hydrogen (secondary N) is 5. The number of aromatic nitrogens is 11. The minimum Gasteiger partial charge on any atom is -0.420 e. The van der Waals surface area contributed by atoms with Gasteiger partial charge in [-0.05, 0) is 116 Å². The zero-order valence-corrected chi connectivity index (χ0v) is 67.9. The van der Waals surface area contributed by atoms with Gasteiger partial charge < -0.3 is 63.1 Å². The van der Waals surface area contributed by atoms with Crippen molar-refractivity contribution in [3.8, 4) is 0 Å². The number of anilines is 4. The minimum absolute atomic E-state index is 0.0262. The molecule has 4 atom stereocenters. The molecule has 0 saturated carbocycles. The van der Waals surface area contributed by atoms with Gasteiger partial charge in [-0.3, -0.25) is 29.2 Å². The van der Waals surface area contributed by atoms with Crippen LogP contribution in [-0.2, 0) is 25.7 Å². The van der Waals surface area contributed by atoms with Crippen LogP contribution in [0.3, 0.4) is 0 Å². The number of nitrogens with zero attached hydrogens (tertiary/aromatic N) is 14. The molecule has 0 spiro atoms. The van der Waals surface area contributed by atoms with Crippen molar-refractivity contribution < 1.29 is 41.2 Å². The molecule has 610 valence electrons. The maximum absolute atomic E-state index is 12.7. The molecule has 5 N–H and O–H groups in total. The fraction of sp³-hybridized carbons (Fsp3) is 0.465. The Labute approximate surface area is 672 Å². The van der Waals surface area contributed by atoms with Gasteiger partial charge in [0, 0.05) is 199 Å². The number of ketones is 4. The summed E-state index contributed by atoms with van der Waals surface area (Å²) < 4.78 is 49.0. The monoisotopic (exact) mass is 1590 g/mol. The summed E-state index contributed by atoms with van der Waals surface area (Å²) in [6.07, 6.45) is 12.0. The van der Waals surface area contributed by atoms with Crippen LogP contribution >= 0.6 is 11.3 Å². The van der Waals surface area contributed by atoms with Crippen LogP contribution in [0.1, 0.15) is 138 Å². The number of H-pyrrole nitrogens is 5. The normalized spacial score (nSPS) is 16.6. The molecule has 0 bridgehead atoms. The molecule has 115 heavy (non-hydrogen) atoms. The quantitative estimate of drug-likeness (QED) is 0.0285. The molecule has 4 aromatic carbocycles. The van der Waals surface area contributed by atoms with Gasteiger partial charge in [0.25, 0.3) is 12.0 Å². The van der Waals surface area contributed by atoms with E-state index in [0.717, 1.165) is 156 Å². The van der Waals surface area contributed by atoms with E-state index in [4.69, 9.17) is 8.83 Å². The number of oxazole rings is 2. The molecular formula is C86H108F3N19O6S. The lowest BCUT2D eigenvalue weighted by atomic mass is 9.95. The van der Waals surface area contributed by atoms with E-state index in [0.29, 0.717) is 73.3 Å². The number of Topliss-reactive ketones (excluding diaryl/α,β-unsaturated/α-hetero) is 4. The summed E-state index contributed by atoms with van der Waals surface area (Å²) in [5.74, 6) is 2.45. The van der Waals surface area contributed by atoms with E-state index in [-0.39, 0.29) is 65.7 Å². The summed E-state index contributed by atoms with van der Waals surface area (Å²) >= 11 is 1.44. The summed E-state index contributed by atoms with van der Waals surface area (Å²) in [6.45, 7) is 30.1. The van der Waals surface area contributed by atoms with E-state index in [1.807, 2.05) is 74.0 Å². The summed E-state index contributed by atoms with van der Waals surface area (Å²) in [7, 11) is 0. The van der Waals surface area contributed by atoms with Crippen LogP contribution in [0.15, 0.2) is 143 Å². The molecule has 29 heteroatoms. The number of piperazine rings is 4. The summed E-state index contributed by atoms with van der Waals surface area (Å²) in [5, 5.41) is 21.9. The molecule has 0 amide bonds. The second-order valence-corrected chi connectivity index (χ2v) is 32.2. The van der Waals surface area contributed by atoms with Gasteiger partial charge >= 0.3 is 6.18 Å². The number of alkyl halides is 3. The molecule has 0 radical (unpaired) electrons. The average Bonchev–Trinajstić information content (AvgIpc) is 1.68. The maximum Gasteiger partial charge on any atom is 0.401 e. The van der Waals surface area contributed by atoms with Crippen molar-refractivity contribution in [1.82, 2.24) is 74.9 Å². The molecule has 4 fully saturated rings. The highest BCUT2D eigenvalue weighted by atomic mass is 32.1. The second kappa shape index (κ2) is 38.9. The molecule has 4 aliphatic rings. The number of rotatable bonds is 28. The Hall–Kier alpha value is -10.3. The topological polar surface area (TPSA) is 277 Å². The van der Waals surface area contributed by atoms with Crippen LogP contribution in [0.25, 0.3) is 43.6 Å². The molecule has 25 nitrogen and oxygen atoms in total. The second-order valence-electron chi connectivity index (χ2n) is 31.2. The van der Waals surface area contributed by atoms with Crippen LogP contribution in [0.2, 0.25) is 0 Å². The van der Waals surface area contributed by atoms with Crippen molar-refractivity contribution in [2.24, 2.45) is 23.7 Å². The van der Waals surface area contributed by atoms with Gasteiger partial charge in [-0.2, -0.15) is 18.2 Å². The third kappa shape index (κ3) is 22.0. The molecule has 0 aliphatic carbocycles. The lowest BCUT2D eigenvalue weighted by Gasteiger charge is -2.34. The third-order valence-corrected chi connectivity index (χ3v) is 23.4. The first-order valence-corrected chi connectivity index (χ1v) is 41.5. The van der Waals surface area contributed by atoms with Crippen LogP contribution in [0, 0.1) is 23.7 Å². The molecule has 12 aromatic rings. The Morgan fingerprint density at radius 2 is 0.774 bits per heavy atom. The molecular weight excluding hydrogens is 1480 g/mol. The van der Waals surface area contributed by atoms with Crippen molar-refractivity contribution in [3.05, 3.63) is 179 Å². The molecule has 12 heterocycles. The Balaban J connectivity index is 0.000000134. The zero-order chi connectivity index (χ0) is 80.5. The Morgan fingerprint density at radius 3 is 1.15 bits per heavy atom. The smallest absolute Gasteiger partial charge is 0.401 e. The SMILES string of the molecule is CC(CC(=O)c1cnc(N2CCN(CC(F)(F)F)CC2)o1)Cc1c[nH]c2ccccc12.CCN1CCN(c2n[nH]c(C(=O)CC(C)Cc3c[nH]c4ccccc34)n2)CC1.CCN1CCN(c2ncc(C(=O)CC(C)Cc3c[nH]c4ccccc34)o2)CC1.CCN1CCN(c2nnc(C(=O)CC(C)Cc3c[nH]c4ccccc34)s2)CC1. The molecule has 4 unspecified atom stereocenters. The number of para-hydroxylation sites is 4. The molecule has 16 rings (SSSR count). The summed E-state index contributed by atoms with van der Waals surface area (Å²) in [4.78, 5) is 93.8. The van der Waals surface area contributed by atoms with Gasteiger partial charge in [-0.1, -0.05) is 133 Å². The first-order chi connectivity index (χ1) is 55.7. The van der Waals surface area contributed by atoms with E-state index in [9.17, 15) is 32.3 Å². The predicted octanol–water partition coefficient (Wildman–Crippen LogP) is 14.5. The van der Waals surface area contributed by atoms with Gasteiger partial charge in [0.2, 0.25) is 11.1 Å². The van der Waals surface area contributed by atoms with Crippen LogP contribution < -0.4 is 19.6 Å². The molecule has 4 saturated heterocycles. The van der Waals surface area contributed by atoms with Crippen molar-refractivity contribution in [2.45, 2.75) is 106 Å². The van der Waals surface area contributed by atoms with E-state index in [2.05, 4.69) is 181 Å². The lowest BCUT2D eigenvalue weighted by Crippen LogP contribution is -2.49. The van der Waals surface area contributed by atoms with E-state index < -0.39 is 12.7 Å². The van der Waals surface area contributed by atoms with Gasteiger partial charge in [-0.25, -0.2) is 9.97 Å². The highest BCUT2D eigenvalue weighted by Gasteiger charge is 2.34.